The van der Waals surface area contributed by atoms with Gasteiger partial charge in [0.2, 0.25) is 5.91 Å². The Hall–Kier alpha value is -2.13. The monoisotopic (exact) mass is 429 g/mol. The van der Waals surface area contributed by atoms with Crippen molar-refractivity contribution in [3.8, 4) is 0 Å². The minimum atomic E-state index is -0.333. The second-order valence-electron chi connectivity index (χ2n) is 7.39. The van der Waals surface area contributed by atoms with Gasteiger partial charge < -0.3 is 10.5 Å². The van der Waals surface area contributed by atoms with Gasteiger partial charge >= 0.3 is 0 Å². The molecule has 1 amide bonds. The van der Waals surface area contributed by atoms with Gasteiger partial charge in [-0.05, 0) is 30.4 Å². The van der Waals surface area contributed by atoms with Crippen molar-refractivity contribution in [1.82, 2.24) is 0 Å². The van der Waals surface area contributed by atoms with Crippen molar-refractivity contribution in [3.05, 3.63) is 71.8 Å². The molecule has 0 atom stereocenters. The summed E-state index contributed by atoms with van der Waals surface area (Å²) in [7, 11) is 0. The quantitative estimate of drug-likeness (QED) is 0.414. The van der Waals surface area contributed by atoms with E-state index in [4.69, 9.17) is 4.74 Å². The van der Waals surface area contributed by atoms with E-state index in [-0.39, 0.29) is 5.91 Å². The Balaban J connectivity index is 0. The maximum Gasteiger partial charge on any atom is 0.214 e. The van der Waals surface area contributed by atoms with Crippen LogP contribution in [-0.2, 0) is 9.53 Å². The molecule has 0 fully saturated rings. The summed E-state index contributed by atoms with van der Waals surface area (Å²) in [5.41, 5.74) is 7.33. The predicted molar refractivity (Wildman–Crippen MR) is 136 cm³/mol. The molecule has 0 aliphatic carbocycles. The van der Waals surface area contributed by atoms with Crippen molar-refractivity contribution in [1.29, 1.82) is 0 Å². The zero-order chi connectivity index (χ0) is 23.7. The fourth-order valence-electron chi connectivity index (χ4n) is 2.58. The summed E-state index contributed by atoms with van der Waals surface area (Å²) in [6.45, 7) is 14.0. The molecule has 0 aliphatic rings. The SMILES string of the molecule is CC(N)=O.CCCC.CCCC(c1ccccc1)c1ccccc1.CCCOCCC. The highest BCUT2D eigenvalue weighted by Crippen LogP contribution is 2.28. The van der Waals surface area contributed by atoms with Gasteiger partial charge in [0.05, 0.1) is 0 Å². The molecule has 2 aromatic rings. The lowest BCUT2D eigenvalue weighted by Crippen LogP contribution is -2.01. The van der Waals surface area contributed by atoms with Crippen LogP contribution in [0.1, 0.15) is 97.1 Å². The zero-order valence-electron chi connectivity index (χ0n) is 20.9. The van der Waals surface area contributed by atoms with Crippen molar-refractivity contribution in [2.75, 3.05) is 13.2 Å². The average Bonchev–Trinajstić information content (AvgIpc) is 2.79. The summed E-state index contributed by atoms with van der Waals surface area (Å²) in [5, 5.41) is 0. The summed E-state index contributed by atoms with van der Waals surface area (Å²) in [5.74, 6) is 0.215. The number of benzene rings is 2. The number of hydrogen-bond acceptors (Lipinski definition) is 2. The molecule has 3 heteroatoms. The van der Waals surface area contributed by atoms with E-state index in [1.54, 1.807) is 0 Å². The maximum absolute atomic E-state index is 9.22. The van der Waals surface area contributed by atoms with E-state index in [2.05, 4.69) is 101 Å². The largest absolute Gasteiger partial charge is 0.381 e. The highest BCUT2D eigenvalue weighted by atomic mass is 16.5. The van der Waals surface area contributed by atoms with E-state index in [0.717, 1.165) is 26.1 Å². The fraction of sp³-hybridized carbons (Fsp3) is 0.536. The molecule has 0 heterocycles. The summed E-state index contributed by atoms with van der Waals surface area (Å²) in [6, 6.07) is 21.6. The smallest absolute Gasteiger partial charge is 0.214 e. The van der Waals surface area contributed by atoms with E-state index in [0.29, 0.717) is 5.92 Å². The van der Waals surface area contributed by atoms with Gasteiger partial charge in [-0.1, -0.05) is 115 Å². The van der Waals surface area contributed by atoms with E-state index in [9.17, 15) is 4.79 Å². The minimum Gasteiger partial charge on any atom is -0.381 e. The molecule has 0 saturated heterocycles. The molecule has 0 aromatic heterocycles. The van der Waals surface area contributed by atoms with E-state index in [1.165, 1.54) is 43.7 Å². The molecule has 0 saturated carbocycles. The van der Waals surface area contributed by atoms with Crippen LogP contribution in [0.25, 0.3) is 0 Å². The Morgan fingerprint density at radius 2 is 1.06 bits per heavy atom. The van der Waals surface area contributed by atoms with Crippen LogP contribution < -0.4 is 5.73 Å². The number of ether oxygens (including phenoxy) is 1. The third-order valence-corrected chi connectivity index (χ3v) is 4.18. The highest BCUT2D eigenvalue weighted by Gasteiger charge is 2.11. The van der Waals surface area contributed by atoms with Crippen LogP contribution in [0.3, 0.4) is 0 Å². The van der Waals surface area contributed by atoms with Crippen LogP contribution in [0, 0.1) is 0 Å². The van der Waals surface area contributed by atoms with Crippen LogP contribution in [0.5, 0.6) is 0 Å². The molecule has 0 aliphatic heterocycles. The molecule has 3 nitrogen and oxygen atoms in total. The van der Waals surface area contributed by atoms with Crippen molar-refractivity contribution in [2.24, 2.45) is 5.73 Å². The number of primary amides is 1. The second-order valence-corrected chi connectivity index (χ2v) is 7.39. The second kappa shape index (κ2) is 24.1. The first-order valence-corrected chi connectivity index (χ1v) is 11.9. The molecule has 2 rings (SSSR count). The normalized spacial score (nSPS) is 9.39. The van der Waals surface area contributed by atoms with E-state index < -0.39 is 0 Å². The third-order valence-electron chi connectivity index (χ3n) is 4.18. The zero-order valence-corrected chi connectivity index (χ0v) is 20.9. The first-order chi connectivity index (χ1) is 15.0. The van der Waals surface area contributed by atoms with Crippen LogP contribution in [-0.4, -0.2) is 19.1 Å². The fourth-order valence-corrected chi connectivity index (χ4v) is 2.58. The van der Waals surface area contributed by atoms with Gasteiger partial charge in [0.15, 0.2) is 0 Å². The Labute approximate surface area is 192 Å². The molecular formula is C28H47NO2. The molecule has 31 heavy (non-hydrogen) atoms. The van der Waals surface area contributed by atoms with Gasteiger partial charge in [-0.3, -0.25) is 4.79 Å². The Morgan fingerprint density at radius 3 is 1.32 bits per heavy atom. The molecule has 0 unspecified atom stereocenters. The topological polar surface area (TPSA) is 52.3 Å². The molecule has 0 radical (unpaired) electrons. The van der Waals surface area contributed by atoms with Crippen LogP contribution in [0.2, 0.25) is 0 Å². The summed E-state index contributed by atoms with van der Waals surface area (Å²) >= 11 is 0. The third kappa shape index (κ3) is 20.9. The molecule has 176 valence electrons. The number of rotatable bonds is 9. The minimum absolute atomic E-state index is 0.333. The van der Waals surface area contributed by atoms with Gasteiger partial charge in [0.1, 0.15) is 0 Å². The Morgan fingerprint density at radius 1 is 0.710 bits per heavy atom. The van der Waals surface area contributed by atoms with Crippen molar-refractivity contribution < 1.29 is 9.53 Å². The lowest BCUT2D eigenvalue weighted by molar-refractivity contribution is -0.115. The average molecular weight is 430 g/mol. The number of carbonyl (C=O) groups is 1. The first-order valence-electron chi connectivity index (χ1n) is 11.9. The number of carbonyl (C=O) groups excluding carboxylic acids is 1. The van der Waals surface area contributed by atoms with E-state index in [1.807, 2.05) is 0 Å². The number of nitrogens with two attached hydrogens (primary N) is 1. The predicted octanol–water partition coefficient (Wildman–Crippen LogP) is 7.74. The van der Waals surface area contributed by atoms with Crippen LogP contribution in [0.15, 0.2) is 60.7 Å². The van der Waals surface area contributed by atoms with Gasteiger partial charge in [-0.15, -0.1) is 0 Å². The van der Waals surface area contributed by atoms with E-state index >= 15 is 0 Å². The maximum atomic E-state index is 9.22. The lowest BCUT2D eigenvalue weighted by Gasteiger charge is -2.17. The van der Waals surface area contributed by atoms with Gasteiger partial charge in [-0.2, -0.15) is 0 Å². The molecule has 2 aromatic carbocycles. The van der Waals surface area contributed by atoms with Gasteiger partial charge in [0.25, 0.3) is 0 Å². The first kappa shape index (κ1) is 31.1. The lowest BCUT2D eigenvalue weighted by atomic mass is 9.88. The Kier molecular flexibility index (Phi) is 24.2. The number of amides is 1. The number of hydrogen-bond donors (Lipinski definition) is 1. The molecule has 0 spiro atoms. The Bertz CT molecular complexity index is 549. The van der Waals surface area contributed by atoms with Crippen LogP contribution in [0.4, 0.5) is 0 Å². The summed E-state index contributed by atoms with van der Waals surface area (Å²) in [4.78, 5) is 9.22. The number of unbranched alkanes of at least 4 members (excludes halogenated alkanes) is 1. The molecule has 2 N–H and O–H groups in total. The van der Waals surface area contributed by atoms with Gasteiger partial charge in [0, 0.05) is 26.1 Å². The van der Waals surface area contributed by atoms with Crippen LogP contribution >= 0.6 is 0 Å². The summed E-state index contributed by atoms with van der Waals surface area (Å²) < 4.78 is 5.13. The highest BCUT2D eigenvalue weighted by molar-refractivity contribution is 5.70. The van der Waals surface area contributed by atoms with Crippen molar-refractivity contribution in [3.63, 3.8) is 0 Å². The standard InChI is InChI=1S/C16H18.C6H14O.C4H10.C2H5NO/c1-2-9-16(14-10-5-3-6-11-14)15-12-7-4-8-13-15;1-3-5-7-6-4-2;1-3-4-2;1-2(3)4/h3-8,10-13,16H,2,9H2,1H3;3-6H2,1-2H3;3-4H2,1-2H3;1H3,(H2,3,4). The summed E-state index contributed by atoms with van der Waals surface area (Å²) in [6.07, 6.45) is 7.35. The molecule has 0 bridgehead atoms. The van der Waals surface area contributed by atoms with Gasteiger partial charge in [-0.25, -0.2) is 0 Å². The molecular weight excluding hydrogens is 382 g/mol. The van der Waals surface area contributed by atoms with Crippen molar-refractivity contribution in [2.45, 2.75) is 86.0 Å². The van der Waals surface area contributed by atoms with Crippen molar-refractivity contribution >= 4 is 5.91 Å².